The monoisotopic (exact) mass is 292 g/mol. The minimum absolute atomic E-state index is 0.154. The molecule has 1 aliphatic rings. The zero-order valence-electron chi connectivity index (χ0n) is 12.9. The lowest BCUT2D eigenvalue weighted by atomic mass is 9.82. The third kappa shape index (κ3) is 3.14. The van der Waals surface area contributed by atoms with Crippen molar-refractivity contribution in [2.45, 2.75) is 51.9 Å². The van der Waals surface area contributed by atoms with E-state index < -0.39 is 5.97 Å². The van der Waals surface area contributed by atoms with Crippen molar-refractivity contribution in [2.75, 3.05) is 6.54 Å². The summed E-state index contributed by atoms with van der Waals surface area (Å²) in [5.74, 6) is -0.932. The van der Waals surface area contributed by atoms with Crippen LogP contribution < -0.4 is 0 Å². The van der Waals surface area contributed by atoms with Crippen molar-refractivity contribution in [3.63, 3.8) is 0 Å². The minimum atomic E-state index is -0.735. The third-order valence-corrected chi connectivity index (χ3v) is 4.50. The van der Waals surface area contributed by atoms with Gasteiger partial charge in [0.1, 0.15) is 12.4 Å². The lowest BCUT2D eigenvalue weighted by molar-refractivity contribution is -0.439. The Morgan fingerprint density at radius 3 is 2.67 bits per heavy atom. The standard InChI is InChI=1S/C17H22FNO2/c1-12-17(2,3)14-11-13(18)8-9-15(14)19(12)10-6-4-5-7-16(20)21/h8-9,11H,4-7,10H2,1-3H3/p+1. The lowest BCUT2D eigenvalue weighted by Crippen LogP contribution is -2.26. The van der Waals surface area contributed by atoms with E-state index in [0.717, 1.165) is 30.6 Å². The third-order valence-electron chi connectivity index (χ3n) is 4.50. The number of unbranched alkanes of at least 4 members (excludes halogenated alkanes) is 2. The van der Waals surface area contributed by atoms with Gasteiger partial charge in [-0.2, -0.15) is 4.58 Å². The number of halogens is 1. The van der Waals surface area contributed by atoms with Crippen LogP contribution in [-0.2, 0) is 10.2 Å². The summed E-state index contributed by atoms with van der Waals surface area (Å²) in [4.78, 5) is 10.5. The molecular formula is C17H23FNO2+. The largest absolute Gasteiger partial charge is 0.481 e. The number of hydrogen-bond donors (Lipinski definition) is 1. The molecule has 4 heteroatoms. The summed E-state index contributed by atoms with van der Waals surface area (Å²) in [7, 11) is 0. The number of fused-ring (bicyclic) bond motifs is 1. The quantitative estimate of drug-likeness (QED) is 0.638. The Balaban J connectivity index is 2.09. The fourth-order valence-electron chi connectivity index (χ4n) is 2.97. The molecule has 2 rings (SSSR count). The second-order valence-electron chi connectivity index (χ2n) is 6.23. The van der Waals surface area contributed by atoms with Crippen LogP contribution in [0.5, 0.6) is 0 Å². The van der Waals surface area contributed by atoms with Crippen LogP contribution in [0.4, 0.5) is 10.1 Å². The number of nitrogens with zero attached hydrogens (tertiary/aromatic N) is 1. The molecule has 0 amide bonds. The summed E-state index contributed by atoms with van der Waals surface area (Å²) < 4.78 is 15.7. The molecule has 0 atom stereocenters. The smallest absolute Gasteiger partial charge is 0.303 e. The van der Waals surface area contributed by atoms with Crippen molar-refractivity contribution in [2.24, 2.45) is 0 Å². The number of carboxylic acids is 1. The topological polar surface area (TPSA) is 40.3 Å². The SMILES string of the molecule is CC1=[N+](CCCCCC(=O)O)c2ccc(F)cc2C1(C)C. The maximum atomic E-state index is 13.5. The summed E-state index contributed by atoms with van der Waals surface area (Å²) in [6, 6.07) is 4.98. The van der Waals surface area contributed by atoms with Crippen LogP contribution in [-0.4, -0.2) is 27.9 Å². The Kier molecular flexibility index (Phi) is 4.45. The van der Waals surface area contributed by atoms with Crippen molar-refractivity contribution in [3.05, 3.63) is 29.6 Å². The lowest BCUT2D eigenvalue weighted by Gasteiger charge is -2.14. The Labute approximate surface area is 125 Å². The van der Waals surface area contributed by atoms with E-state index >= 15 is 0 Å². The molecule has 0 spiro atoms. The summed E-state index contributed by atoms with van der Waals surface area (Å²) in [6.45, 7) is 7.18. The Morgan fingerprint density at radius 2 is 2.00 bits per heavy atom. The van der Waals surface area contributed by atoms with E-state index in [2.05, 4.69) is 25.3 Å². The highest BCUT2D eigenvalue weighted by Crippen LogP contribution is 2.39. The zero-order valence-corrected chi connectivity index (χ0v) is 12.9. The molecule has 114 valence electrons. The first kappa shape index (κ1) is 15.7. The first-order valence-corrected chi connectivity index (χ1v) is 7.47. The van der Waals surface area contributed by atoms with Gasteiger partial charge in [-0.15, -0.1) is 0 Å². The maximum absolute atomic E-state index is 13.5. The molecule has 0 aliphatic carbocycles. The van der Waals surface area contributed by atoms with Crippen LogP contribution in [0.3, 0.4) is 0 Å². The van der Waals surface area contributed by atoms with Gasteiger partial charge in [0.15, 0.2) is 5.71 Å². The van der Waals surface area contributed by atoms with Crippen molar-refractivity contribution in [1.82, 2.24) is 0 Å². The Hall–Kier alpha value is -1.71. The molecule has 1 heterocycles. The maximum Gasteiger partial charge on any atom is 0.303 e. The molecule has 21 heavy (non-hydrogen) atoms. The predicted molar refractivity (Wildman–Crippen MR) is 81.0 cm³/mol. The van der Waals surface area contributed by atoms with Crippen LogP contribution >= 0.6 is 0 Å². The Bertz CT molecular complexity index is 590. The van der Waals surface area contributed by atoms with Crippen LogP contribution in [0.2, 0.25) is 0 Å². The van der Waals surface area contributed by atoms with Crippen molar-refractivity contribution >= 4 is 17.4 Å². The van der Waals surface area contributed by atoms with Gasteiger partial charge >= 0.3 is 5.97 Å². The highest BCUT2D eigenvalue weighted by Gasteiger charge is 2.42. The van der Waals surface area contributed by atoms with Gasteiger partial charge in [0.2, 0.25) is 5.69 Å². The summed E-state index contributed by atoms with van der Waals surface area (Å²) in [5, 5.41) is 8.64. The number of rotatable bonds is 6. The van der Waals surface area contributed by atoms with E-state index in [9.17, 15) is 9.18 Å². The average molecular weight is 292 g/mol. The number of hydrogen-bond acceptors (Lipinski definition) is 1. The fourth-order valence-corrected chi connectivity index (χ4v) is 2.97. The number of benzene rings is 1. The molecule has 0 aromatic heterocycles. The van der Waals surface area contributed by atoms with E-state index in [1.165, 1.54) is 11.8 Å². The molecular weight excluding hydrogens is 269 g/mol. The molecule has 1 aromatic rings. The van der Waals surface area contributed by atoms with Gasteiger partial charge in [-0.05, 0) is 38.8 Å². The molecule has 0 fully saturated rings. The highest BCUT2D eigenvalue weighted by molar-refractivity contribution is 5.93. The van der Waals surface area contributed by atoms with Crippen LogP contribution in [0.25, 0.3) is 0 Å². The average Bonchev–Trinajstić information content (AvgIpc) is 2.59. The second kappa shape index (κ2) is 5.96. The van der Waals surface area contributed by atoms with Gasteiger partial charge in [0.25, 0.3) is 0 Å². The van der Waals surface area contributed by atoms with Crippen molar-refractivity contribution < 1.29 is 18.9 Å². The minimum Gasteiger partial charge on any atom is -0.481 e. The van der Waals surface area contributed by atoms with E-state index in [1.54, 1.807) is 6.07 Å². The molecule has 0 saturated heterocycles. The van der Waals surface area contributed by atoms with Gasteiger partial charge in [0.05, 0.1) is 5.41 Å². The second-order valence-corrected chi connectivity index (χ2v) is 6.23. The molecule has 0 bridgehead atoms. The van der Waals surface area contributed by atoms with Gasteiger partial charge in [-0.3, -0.25) is 4.79 Å². The first-order valence-electron chi connectivity index (χ1n) is 7.47. The van der Waals surface area contributed by atoms with Gasteiger partial charge < -0.3 is 5.11 Å². The summed E-state index contributed by atoms with van der Waals surface area (Å²) >= 11 is 0. The van der Waals surface area contributed by atoms with Crippen LogP contribution in [0, 0.1) is 5.82 Å². The van der Waals surface area contributed by atoms with Gasteiger partial charge in [-0.25, -0.2) is 4.39 Å². The van der Waals surface area contributed by atoms with Crippen molar-refractivity contribution in [1.29, 1.82) is 0 Å². The number of carboxylic acid groups (broad SMARTS) is 1. The van der Waals surface area contributed by atoms with Crippen molar-refractivity contribution in [3.8, 4) is 0 Å². The zero-order chi connectivity index (χ0) is 15.6. The van der Waals surface area contributed by atoms with Gasteiger partial charge in [0, 0.05) is 31.4 Å². The molecule has 1 aliphatic heterocycles. The molecule has 0 radical (unpaired) electrons. The molecule has 1 aromatic carbocycles. The van der Waals surface area contributed by atoms with Gasteiger partial charge in [-0.1, -0.05) is 0 Å². The van der Waals surface area contributed by atoms with E-state index in [1.807, 2.05) is 6.07 Å². The molecule has 3 nitrogen and oxygen atoms in total. The van der Waals surface area contributed by atoms with Crippen LogP contribution in [0.15, 0.2) is 18.2 Å². The number of aliphatic carboxylic acids is 1. The number of carbonyl (C=O) groups is 1. The summed E-state index contributed by atoms with van der Waals surface area (Å²) in [5.41, 5.74) is 3.18. The fraction of sp³-hybridized carbons (Fsp3) is 0.529. The van der Waals surface area contributed by atoms with E-state index in [0.29, 0.717) is 6.42 Å². The molecule has 0 unspecified atom stereocenters. The first-order chi connectivity index (χ1) is 9.84. The molecule has 0 saturated carbocycles. The Morgan fingerprint density at radius 1 is 1.29 bits per heavy atom. The highest BCUT2D eigenvalue weighted by atomic mass is 19.1. The normalized spacial score (nSPS) is 16.2. The predicted octanol–water partition coefficient (Wildman–Crippen LogP) is 3.87. The van der Waals surface area contributed by atoms with E-state index in [-0.39, 0.29) is 17.7 Å². The van der Waals surface area contributed by atoms with E-state index in [4.69, 9.17) is 5.11 Å². The molecule has 1 N–H and O–H groups in total. The summed E-state index contributed by atoms with van der Waals surface area (Å²) in [6.07, 6.45) is 2.78. The van der Waals surface area contributed by atoms with Crippen LogP contribution in [0.1, 0.15) is 52.0 Å².